The summed E-state index contributed by atoms with van der Waals surface area (Å²) in [5.41, 5.74) is 0.538. The van der Waals surface area contributed by atoms with Crippen molar-refractivity contribution in [3.63, 3.8) is 0 Å². The molecule has 2 aliphatic heterocycles. The molecule has 1 aliphatic carbocycles. The fraction of sp³-hybridized carbons (Fsp3) is 1.00. The minimum absolute atomic E-state index is 0.538. The van der Waals surface area contributed by atoms with Crippen LogP contribution in [0.1, 0.15) is 59.3 Å². The second-order valence-electron chi connectivity index (χ2n) is 7.10. The van der Waals surface area contributed by atoms with E-state index in [1.54, 1.807) is 0 Å². The molecule has 1 nitrogen and oxygen atoms in total. The normalized spacial score (nSPS) is 42.2. The summed E-state index contributed by atoms with van der Waals surface area (Å²) < 4.78 is 0. The van der Waals surface area contributed by atoms with Crippen LogP contribution in [-0.4, -0.2) is 23.0 Å². The van der Waals surface area contributed by atoms with Gasteiger partial charge in [0.25, 0.3) is 0 Å². The summed E-state index contributed by atoms with van der Waals surface area (Å²) in [6, 6.07) is 2.92. The van der Waals surface area contributed by atoms with Crippen molar-refractivity contribution in [2.45, 2.75) is 77.4 Å². The number of piperidine rings is 1. The molecule has 3 rings (SSSR count). The third kappa shape index (κ3) is 1.73. The molecular weight excluding hydrogens is 182 g/mol. The van der Waals surface area contributed by atoms with Crippen LogP contribution in [0.3, 0.4) is 0 Å². The van der Waals surface area contributed by atoms with Gasteiger partial charge in [0.1, 0.15) is 0 Å². The summed E-state index contributed by atoms with van der Waals surface area (Å²) in [5, 5.41) is 0. The largest absolute Gasteiger partial charge is 0.294 e. The summed E-state index contributed by atoms with van der Waals surface area (Å²) in [5.74, 6) is 0.977. The maximum Gasteiger partial charge on any atom is 0.0105 e. The molecule has 1 saturated carbocycles. The zero-order chi connectivity index (χ0) is 10.6. The summed E-state index contributed by atoms with van der Waals surface area (Å²) in [4.78, 5) is 2.90. The summed E-state index contributed by atoms with van der Waals surface area (Å²) >= 11 is 0. The molecule has 2 saturated heterocycles. The lowest BCUT2D eigenvalue weighted by molar-refractivity contribution is 0.0492. The lowest BCUT2D eigenvalue weighted by atomic mass is 9.73. The quantitative estimate of drug-likeness (QED) is 0.636. The van der Waals surface area contributed by atoms with Crippen LogP contribution < -0.4 is 0 Å². The molecule has 0 aromatic heterocycles. The maximum atomic E-state index is 2.90. The van der Waals surface area contributed by atoms with Gasteiger partial charge in [-0.15, -0.1) is 0 Å². The number of hydrogen-bond donors (Lipinski definition) is 0. The van der Waals surface area contributed by atoms with Crippen LogP contribution in [0.5, 0.6) is 0 Å². The molecule has 2 bridgehead atoms. The van der Waals surface area contributed by atoms with E-state index < -0.39 is 0 Å². The third-order valence-corrected chi connectivity index (χ3v) is 4.98. The van der Waals surface area contributed by atoms with Crippen LogP contribution in [0.15, 0.2) is 0 Å². The average molecular weight is 207 g/mol. The zero-order valence-electron chi connectivity index (χ0n) is 10.5. The lowest BCUT2D eigenvalue weighted by Crippen LogP contribution is -2.46. The van der Waals surface area contributed by atoms with Crippen LogP contribution in [0.2, 0.25) is 0 Å². The Labute approximate surface area is 94.2 Å². The van der Waals surface area contributed by atoms with E-state index in [4.69, 9.17) is 0 Å². The Morgan fingerprint density at radius 1 is 0.800 bits per heavy atom. The zero-order valence-corrected chi connectivity index (χ0v) is 10.5. The van der Waals surface area contributed by atoms with Gasteiger partial charge in [-0.2, -0.15) is 0 Å². The van der Waals surface area contributed by atoms with E-state index in [-0.39, 0.29) is 0 Å². The van der Waals surface area contributed by atoms with E-state index in [1.807, 2.05) is 0 Å². The highest BCUT2D eigenvalue weighted by Crippen LogP contribution is 2.49. The van der Waals surface area contributed by atoms with Crippen molar-refractivity contribution in [1.29, 1.82) is 0 Å². The van der Waals surface area contributed by atoms with Gasteiger partial charge in [-0.25, -0.2) is 0 Å². The smallest absolute Gasteiger partial charge is 0.0105 e. The molecule has 2 atom stereocenters. The van der Waals surface area contributed by atoms with Gasteiger partial charge >= 0.3 is 0 Å². The van der Waals surface area contributed by atoms with Crippen molar-refractivity contribution in [1.82, 2.24) is 4.90 Å². The first-order valence-corrected chi connectivity index (χ1v) is 6.83. The summed E-state index contributed by atoms with van der Waals surface area (Å²) in [6.07, 6.45) is 8.94. The van der Waals surface area contributed by atoms with Gasteiger partial charge in [0, 0.05) is 18.1 Å². The average Bonchev–Trinajstić information content (AvgIpc) is 2.93. The van der Waals surface area contributed by atoms with E-state index in [1.165, 1.54) is 38.5 Å². The molecular formula is C14H25N. The lowest BCUT2D eigenvalue weighted by Gasteiger charge is -2.44. The van der Waals surface area contributed by atoms with E-state index in [9.17, 15) is 0 Å². The van der Waals surface area contributed by atoms with Crippen molar-refractivity contribution >= 4 is 0 Å². The first kappa shape index (κ1) is 10.1. The van der Waals surface area contributed by atoms with Crippen molar-refractivity contribution in [2.75, 3.05) is 0 Å². The Morgan fingerprint density at radius 2 is 1.27 bits per heavy atom. The van der Waals surface area contributed by atoms with E-state index >= 15 is 0 Å². The first-order valence-electron chi connectivity index (χ1n) is 6.83. The standard InChI is InChI=1S/C14H25N/c1-14(2,3)10-8-12-6-7-13(9-10)15(12)11-4-5-11/h10-13H,4-9H2,1-3H3. The van der Waals surface area contributed by atoms with Gasteiger partial charge in [0.05, 0.1) is 0 Å². The number of nitrogens with zero attached hydrogens (tertiary/aromatic N) is 1. The Balaban J connectivity index is 1.73. The molecule has 0 amide bonds. The van der Waals surface area contributed by atoms with Crippen LogP contribution in [0, 0.1) is 11.3 Å². The predicted molar refractivity (Wildman–Crippen MR) is 63.9 cm³/mol. The highest BCUT2D eigenvalue weighted by atomic mass is 15.3. The summed E-state index contributed by atoms with van der Waals surface area (Å²) in [6.45, 7) is 7.30. The third-order valence-electron chi connectivity index (χ3n) is 4.98. The van der Waals surface area contributed by atoms with E-state index in [0.29, 0.717) is 5.41 Å². The molecule has 0 radical (unpaired) electrons. The minimum Gasteiger partial charge on any atom is -0.294 e. The topological polar surface area (TPSA) is 3.24 Å². The number of fused-ring (bicyclic) bond motifs is 2. The second kappa shape index (κ2) is 3.23. The van der Waals surface area contributed by atoms with Gasteiger partial charge < -0.3 is 0 Å². The van der Waals surface area contributed by atoms with E-state index in [0.717, 1.165) is 24.0 Å². The number of rotatable bonds is 1. The van der Waals surface area contributed by atoms with Gasteiger partial charge in [-0.1, -0.05) is 20.8 Å². The van der Waals surface area contributed by atoms with Gasteiger partial charge in [-0.3, -0.25) is 4.90 Å². The molecule has 15 heavy (non-hydrogen) atoms. The Morgan fingerprint density at radius 3 is 1.67 bits per heavy atom. The predicted octanol–water partition coefficient (Wildman–Crippen LogP) is 3.44. The van der Waals surface area contributed by atoms with Crippen molar-refractivity contribution in [3.05, 3.63) is 0 Å². The van der Waals surface area contributed by atoms with Gasteiger partial charge in [-0.05, 0) is 49.9 Å². The maximum absolute atomic E-state index is 2.90. The fourth-order valence-electron chi connectivity index (χ4n) is 3.89. The molecule has 0 aromatic carbocycles. The van der Waals surface area contributed by atoms with Crippen LogP contribution in [-0.2, 0) is 0 Å². The molecule has 0 N–H and O–H groups in total. The molecule has 3 aliphatic rings. The second-order valence-corrected chi connectivity index (χ2v) is 7.10. The Kier molecular flexibility index (Phi) is 2.18. The summed E-state index contributed by atoms with van der Waals surface area (Å²) in [7, 11) is 0. The highest BCUT2D eigenvalue weighted by molar-refractivity contribution is 5.03. The fourth-order valence-corrected chi connectivity index (χ4v) is 3.89. The number of hydrogen-bond acceptors (Lipinski definition) is 1. The highest BCUT2D eigenvalue weighted by Gasteiger charge is 2.48. The molecule has 3 fully saturated rings. The first-order chi connectivity index (χ1) is 7.05. The minimum atomic E-state index is 0.538. The van der Waals surface area contributed by atoms with Gasteiger partial charge in [0.15, 0.2) is 0 Å². The Hall–Kier alpha value is -0.0400. The molecule has 86 valence electrons. The molecule has 2 unspecified atom stereocenters. The van der Waals surface area contributed by atoms with Crippen molar-refractivity contribution in [3.8, 4) is 0 Å². The Bertz CT molecular complexity index is 235. The van der Waals surface area contributed by atoms with Crippen molar-refractivity contribution in [2.24, 2.45) is 11.3 Å². The molecule has 1 heteroatoms. The van der Waals surface area contributed by atoms with Gasteiger partial charge in [0.2, 0.25) is 0 Å². The van der Waals surface area contributed by atoms with E-state index in [2.05, 4.69) is 25.7 Å². The SMILES string of the molecule is CC(C)(C)C1CC2CCC(C1)N2C1CC1. The van der Waals surface area contributed by atoms with Crippen molar-refractivity contribution < 1.29 is 0 Å². The van der Waals surface area contributed by atoms with Crippen LogP contribution in [0.4, 0.5) is 0 Å². The molecule has 0 spiro atoms. The molecule has 2 heterocycles. The molecule has 0 aromatic rings. The van der Waals surface area contributed by atoms with Crippen LogP contribution in [0.25, 0.3) is 0 Å². The monoisotopic (exact) mass is 207 g/mol. The van der Waals surface area contributed by atoms with Crippen LogP contribution >= 0.6 is 0 Å².